The van der Waals surface area contributed by atoms with Gasteiger partial charge in [0.2, 0.25) is 0 Å². The molecule has 0 saturated heterocycles. The quantitative estimate of drug-likeness (QED) is 0.786. The Bertz CT molecular complexity index is 361. The minimum absolute atomic E-state index is 0.403. The lowest BCUT2D eigenvalue weighted by Crippen LogP contribution is -2.32. The molecule has 0 aromatic heterocycles. The van der Waals surface area contributed by atoms with Gasteiger partial charge in [-0.2, -0.15) is 0 Å². The zero-order valence-corrected chi connectivity index (χ0v) is 9.16. The van der Waals surface area contributed by atoms with E-state index in [0.29, 0.717) is 6.42 Å². The van der Waals surface area contributed by atoms with Gasteiger partial charge in [-0.3, -0.25) is 4.79 Å². The Morgan fingerprint density at radius 3 is 2.67 bits per heavy atom. The number of nitrogens with two attached hydrogens (primary N) is 1. The van der Waals surface area contributed by atoms with E-state index >= 15 is 0 Å². The maximum atomic E-state index is 10.7. The van der Waals surface area contributed by atoms with Crippen LogP contribution in [0.2, 0.25) is 0 Å². The predicted molar refractivity (Wildman–Crippen MR) is 59.9 cm³/mol. The number of carboxylic acids is 1. The third-order valence-corrected chi connectivity index (χ3v) is 2.50. The minimum Gasteiger partial charge on any atom is -0.480 e. The first kappa shape index (κ1) is 11.7. The molecule has 0 aliphatic carbocycles. The molecular weight excluding hydrogens is 190 g/mol. The first-order chi connectivity index (χ1) is 7.04. The van der Waals surface area contributed by atoms with E-state index in [0.717, 1.165) is 17.5 Å². The summed E-state index contributed by atoms with van der Waals surface area (Å²) in [4.78, 5) is 10.7. The fraction of sp³-hybridized carbons (Fsp3) is 0.417. The van der Waals surface area contributed by atoms with Crippen LogP contribution in [0.15, 0.2) is 18.2 Å². The van der Waals surface area contributed by atoms with E-state index in [4.69, 9.17) is 10.8 Å². The van der Waals surface area contributed by atoms with E-state index in [-0.39, 0.29) is 0 Å². The molecule has 3 heteroatoms. The van der Waals surface area contributed by atoms with Gasteiger partial charge in [0.15, 0.2) is 0 Å². The van der Waals surface area contributed by atoms with Crippen molar-refractivity contribution >= 4 is 5.97 Å². The molecule has 1 aromatic carbocycles. The van der Waals surface area contributed by atoms with Crippen LogP contribution in [0.5, 0.6) is 0 Å². The molecule has 3 nitrogen and oxygen atoms in total. The van der Waals surface area contributed by atoms with Gasteiger partial charge in [-0.1, -0.05) is 30.7 Å². The smallest absolute Gasteiger partial charge is 0.320 e. The minimum atomic E-state index is -0.946. The summed E-state index contributed by atoms with van der Waals surface area (Å²) in [6.45, 7) is 4.05. The van der Waals surface area contributed by atoms with Gasteiger partial charge in [0, 0.05) is 0 Å². The lowest BCUT2D eigenvalue weighted by atomic mass is 9.97. The second-order valence-electron chi connectivity index (χ2n) is 3.77. The lowest BCUT2D eigenvalue weighted by Gasteiger charge is -2.11. The average molecular weight is 207 g/mol. The van der Waals surface area contributed by atoms with Crippen molar-refractivity contribution in [2.24, 2.45) is 5.73 Å². The zero-order valence-electron chi connectivity index (χ0n) is 9.16. The predicted octanol–water partition coefficient (Wildman–Crippen LogP) is 1.51. The number of aliphatic carboxylic acids is 1. The Balaban J connectivity index is 2.91. The standard InChI is InChI=1S/C12H17NO2/c1-3-9-5-4-8(2)6-10(9)7-11(13)12(14)15/h4-6,11H,3,7,13H2,1-2H3,(H,14,15). The molecule has 0 bridgehead atoms. The average Bonchev–Trinajstić information content (AvgIpc) is 2.18. The Morgan fingerprint density at radius 1 is 1.47 bits per heavy atom. The van der Waals surface area contributed by atoms with Crippen LogP contribution in [0, 0.1) is 6.92 Å². The number of benzene rings is 1. The first-order valence-corrected chi connectivity index (χ1v) is 5.11. The van der Waals surface area contributed by atoms with Crippen molar-refractivity contribution in [3.63, 3.8) is 0 Å². The van der Waals surface area contributed by atoms with Gasteiger partial charge in [0.25, 0.3) is 0 Å². The number of aryl methyl sites for hydroxylation is 2. The molecule has 0 saturated carbocycles. The number of carbonyl (C=O) groups is 1. The third kappa shape index (κ3) is 3.06. The summed E-state index contributed by atoms with van der Waals surface area (Å²) in [5.74, 6) is -0.946. The number of hydrogen-bond donors (Lipinski definition) is 2. The summed E-state index contributed by atoms with van der Waals surface area (Å²) in [5, 5.41) is 8.75. The van der Waals surface area contributed by atoms with Crippen molar-refractivity contribution in [2.75, 3.05) is 0 Å². The maximum Gasteiger partial charge on any atom is 0.320 e. The molecule has 1 rings (SSSR count). The zero-order chi connectivity index (χ0) is 11.4. The molecule has 15 heavy (non-hydrogen) atoms. The van der Waals surface area contributed by atoms with Crippen molar-refractivity contribution in [3.8, 4) is 0 Å². The Labute approximate surface area is 89.9 Å². The van der Waals surface area contributed by atoms with E-state index in [1.165, 1.54) is 5.56 Å². The fourth-order valence-electron chi connectivity index (χ4n) is 1.61. The molecule has 1 aromatic rings. The molecule has 0 spiro atoms. The van der Waals surface area contributed by atoms with Gasteiger partial charge < -0.3 is 10.8 Å². The highest BCUT2D eigenvalue weighted by Gasteiger charge is 2.13. The molecule has 82 valence electrons. The summed E-state index contributed by atoms with van der Waals surface area (Å²) in [5.41, 5.74) is 8.89. The van der Waals surface area contributed by atoms with E-state index in [9.17, 15) is 4.79 Å². The van der Waals surface area contributed by atoms with Gasteiger partial charge in [-0.05, 0) is 30.9 Å². The fourth-order valence-corrected chi connectivity index (χ4v) is 1.61. The summed E-state index contributed by atoms with van der Waals surface area (Å²) in [6.07, 6.45) is 1.31. The molecule has 0 aliphatic heterocycles. The summed E-state index contributed by atoms with van der Waals surface area (Å²) >= 11 is 0. The van der Waals surface area contributed by atoms with Crippen LogP contribution in [0.4, 0.5) is 0 Å². The molecule has 0 fully saturated rings. The van der Waals surface area contributed by atoms with Crippen LogP contribution >= 0.6 is 0 Å². The second-order valence-corrected chi connectivity index (χ2v) is 3.77. The molecule has 0 aliphatic rings. The van der Waals surface area contributed by atoms with Crippen molar-refractivity contribution in [2.45, 2.75) is 32.7 Å². The molecule has 0 heterocycles. The Hall–Kier alpha value is -1.35. The van der Waals surface area contributed by atoms with Gasteiger partial charge in [-0.15, -0.1) is 0 Å². The molecule has 1 atom stereocenters. The van der Waals surface area contributed by atoms with Crippen LogP contribution in [-0.2, 0) is 17.6 Å². The maximum absolute atomic E-state index is 10.7. The molecule has 0 amide bonds. The van der Waals surface area contributed by atoms with E-state index in [1.807, 2.05) is 25.1 Å². The van der Waals surface area contributed by atoms with E-state index < -0.39 is 12.0 Å². The number of rotatable bonds is 4. The van der Waals surface area contributed by atoms with Crippen LogP contribution in [0.3, 0.4) is 0 Å². The molecule has 0 radical (unpaired) electrons. The number of carboxylic acid groups (broad SMARTS) is 1. The lowest BCUT2D eigenvalue weighted by molar-refractivity contribution is -0.138. The normalized spacial score (nSPS) is 12.5. The highest BCUT2D eigenvalue weighted by molar-refractivity contribution is 5.73. The van der Waals surface area contributed by atoms with Crippen molar-refractivity contribution < 1.29 is 9.90 Å². The highest BCUT2D eigenvalue weighted by Crippen LogP contribution is 2.14. The summed E-state index contributed by atoms with van der Waals surface area (Å²) in [6, 6.07) is 5.28. The summed E-state index contributed by atoms with van der Waals surface area (Å²) in [7, 11) is 0. The highest BCUT2D eigenvalue weighted by atomic mass is 16.4. The Kier molecular flexibility index (Phi) is 3.86. The van der Waals surface area contributed by atoms with Gasteiger partial charge in [0.05, 0.1) is 0 Å². The molecular formula is C12H17NO2. The largest absolute Gasteiger partial charge is 0.480 e. The topological polar surface area (TPSA) is 63.3 Å². The third-order valence-electron chi connectivity index (χ3n) is 2.50. The van der Waals surface area contributed by atoms with E-state index in [2.05, 4.69) is 6.92 Å². The number of hydrogen-bond acceptors (Lipinski definition) is 2. The van der Waals surface area contributed by atoms with E-state index in [1.54, 1.807) is 0 Å². The van der Waals surface area contributed by atoms with Gasteiger partial charge in [-0.25, -0.2) is 0 Å². The van der Waals surface area contributed by atoms with Gasteiger partial charge in [0.1, 0.15) is 6.04 Å². The first-order valence-electron chi connectivity index (χ1n) is 5.11. The van der Waals surface area contributed by atoms with Crippen LogP contribution in [-0.4, -0.2) is 17.1 Å². The van der Waals surface area contributed by atoms with Crippen LogP contribution < -0.4 is 5.73 Å². The van der Waals surface area contributed by atoms with Gasteiger partial charge >= 0.3 is 5.97 Å². The molecule has 1 unspecified atom stereocenters. The van der Waals surface area contributed by atoms with Crippen molar-refractivity contribution in [1.29, 1.82) is 0 Å². The SMILES string of the molecule is CCc1ccc(C)cc1CC(N)C(=O)O. The monoisotopic (exact) mass is 207 g/mol. The van der Waals surface area contributed by atoms with Crippen LogP contribution in [0.1, 0.15) is 23.6 Å². The van der Waals surface area contributed by atoms with Crippen LogP contribution in [0.25, 0.3) is 0 Å². The summed E-state index contributed by atoms with van der Waals surface area (Å²) < 4.78 is 0. The Morgan fingerprint density at radius 2 is 2.13 bits per heavy atom. The second kappa shape index (κ2) is 4.94. The molecule has 3 N–H and O–H groups in total. The van der Waals surface area contributed by atoms with Crippen molar-refractivity contribution in [3.05, 3.63) is 34.9 Å². The van der Waals surface area contributed by atoms with Crippen molar-refractivity contribution in [1.82, 2.24) is 0 Å².